The number of ether oxygens (including phenoxy) is 1. The fraction of sp³-hybridized carbons (Fsp3) is 0.300. The predicted molar refractivity (Wildman–Crippen MR) is 60.0 cm³/mol. The molecule has 0 aromatic heterocycles. The fourth-order valence-electron chi connectivity index (χ4n) is 1.07. The zero-order chi connectivity index (χ0) is 11.3. The van der Waals surface area contributed by atoms with Crippen LogP contribution in [0.5, 0.6) is 5.75 Å². The van der Waals surface area contributed by atoms with Gasteiger partial charge in [-0.3, -0.25) is 4.79 Å². The molecule has 0 radical (unpaired) electrons. The summed E-state index contributed by atoms with van der Waals surface area (Å²) in [5.41, 5.74) is 0.477. The molecule has 0 atom stereocenters. The Bertz CT molecular complexity index is 357. The average Bonchev–Trinajstić information content (AvgIpc) is 2.21. The number of rotatable bonds is 4. The lowest BCUT2D eigenvalue weighted by Gasteiger charge is -2.09. The molecule has 1 rings (SSSR count). The lowest BCUT2D eigenvalue weighted by molar-refractivity contribution is -0.115. The highest BCUT2D eigenvalue weighted by atomic mass is 79.9. The molecule has 82 valence electrons. The smallest absolute Gasteiger partial charge is 0.225 e. The van der Waals surface area contributed by atoms with Crippen molar-refractivity contribution in [2.45, 2.75) is 6.42 Å². The van der Waals surface area contributed by atoms with E-state index in [1.807, 2.05) is 0 Å². The molecule has 0 saturated heterocycles. The molecule has 0 unspecified atom stereocenters. The van der Waals surface area contributed by atoms with Crippen molar-refractivity contribution in [1.29, 1.82) is 0 Å². The summed E-state index contributed by atoms with van der Waals surface area (Å²) in [7, 11) is 1.43. The van der Waals surface area contributed by atoms with Crippen molar-refractivity contribution < 1.29 is 13.9 Å². The Kier molecular flexibility index (Phi) is 4.55. The summed E-state index contributed by atoms with van der Waals surface area (Å²) in [5, 5.41) is 3.21. The van der Waals surface area contributed by atoms with E-state index in [-0.39, 0.29) is 5.91 Å². The molecule has 0 fully saturated rings. The van der Waals surface area contributed by atoms with Crippen LogP contribution in [0.1, 0.15) is 6.42 Å². The van der Waals surface area contributed by atoms with E-state index in [4.69, 9.17) is 4.74 Å². The Morgan fingerprint density at radius 1 is 1.60 bits per heavy atom. The van der Waals surface area contributed by atoms with Crippen LogP contribution in [-0.4, -0.2) is 18.3 Å². The predicted octanol–water partition coefficient (Wildman–Crippen LogP) is 2.56. The third-order valence-corrected chi connectivity index (χ3v) is 2.16. The lowest BCUT2D eigenvalue weighted by Crippen LogP contribution is -2.12. The number of methoxy groups -OCH3 is 1. The van der Waals surface area contributed by atoms with Crippen LogP contribution in [0.25, 0.3) is 0 Å². The second-order valence-electron chi connectivity index (χ2n) is 2.83. The number of anilines is 1. The van der Waals surface area contributed by atoms with E-state index >= 15 is 0 Å². The quantitative estimate of drug-likeness (QED) is 0.858. The molecule has 0 saturated carbocycles. The van der Waals surface area contributed by atoms with Gasteiger partial charge in [-0.25, -0.2) is 4.39 Å². The van der Waals surface area contributed by atoms with E-state index in [1.54, 1.807) is 0 Å². The second-order valence-corrected chi connectivity index (χ2v) is 3.62. The van der Waals surface area contributed by atoms with E-state index in [9.17, 15) is 9.18 Å². The van der Waals surface area contributed by atoms with Crippen molar-refractivity contribution in [3.8, 4) is 5.75 Å². The Labute approximate surface area is 95.7 Å². The number of halogens is 2. The van der Waals surface area contributed by atoms with Crippen LogP contribution in [0.2, 0.25) is 0 Å². The molecule has 3 nitrogen and oxygen atoms in total. The number of carbonyl (C=O) groups is 1. The molecular weight excluding hydrogens is 265 g/mol. The molecule has 5 heteroatoms. The first kappa shape index (κ1) is 12.0. The van der Waals surface area contributed by atoms with Gasteiger partial charge in [-0.1, -0.05) is 15.9 Å². The first-order valence-electron chi connectivity index (χ1n) is 4.36. The summed E-state index contributed by atoms with van der Waals surface area (Å²) in [5.74, 6) is -0.222. The van der Waals surface area contributed by atoms with Crippen LogP contribution in [0.15, 0.2) is 18.2 Å². The van der Waals surface area contributed by atoms with E-state index in [1.165, 1.54) is 25.3 Å². The zero-order valence-electron chi connectivity index (χ0n) is 8.22. The summed E-state index contributed by atoms with van der Waals surface area (Å²) in [6, 6.07) is 3.97. The van der Waals surface area contributed by atoms with Gasteiger partial charge in [0.1, 0.15) is 11.6 Å². The highest BCUT2D eigenvalue weighted by Crippen LogP contribution is 2.24. The minimum Gasteiger partial charge on any atom is -0.494 e. The van der Waals surface area contributed by atoms with Gasteiger partial charge in [-0.15, -0.1) is 0 Å². The molecule has 0 aliphatic carbocycles. The molecule has 0 aliphatic rings. The normalized spacial score (nSPS) is 9.80. The Hall–Kier alpha value is -1.10. The minimum atomic E-state index is -0.398. The first-order valence-corrected chi connectivity index (χ1v) is 5.49. The van der Waals surface area contributed by atoms with Crippen LogP contribution in [0, 0.1) is 5.82 Å². The summed E-state index contributed by atoms with van der Waals surface area (Å²) in [6.07, 6.45) is 0.362. The van der Waals surface area contributed by atoms with E-state index < -0.39 is 5.82 Å². The number of hydrogen-bond donors (Lipinski definition) is 1. The third kappa shape index (κ3) is 3.51. The molecule has 1 aromatic carbocycles. The van der Waals surface area contributed by atoms with Crippen LogP contribution in [0.4, 0.5) is 10.1 Å². The highest BCUT2D eigenvalue weighted by Gasteiger charge is 2.07. The number of alkyl halides is 1. The topological polar surface area (TPSA) is 38.3 Å². The van der Waals surface area contributed by atoms with Crippen molar-refractivity contribution in [3.05, 3.63) is 24.0 Å². The molecular formula is C10H11BrFNO2. The van der Waals surface area contributed by atoms with E-state index in [0.717, 1.165) is 0 Å². The maximum absolute atomic E-state index is 12.8. The first-order chi connectivity index (χ1) is 7.17. The minimum absolute atomic E-state index is 0.142. The Morgan fingerprint density at radius 3 is 2.93 bits per heavy atom. The van der Waals surface area contributed by atoms with Crippen molar-refractivity contribution in [1.82, 2.24) is 0 Å². The van der Waals surface area contributed by atoms with Gasteiger partial charge in [0, 0.05) is 17.8 Å². The van der Waals surface area contributed by atoms with Gasteiger partial charge in [0.05, 0.1) is 12.8 Å². The number of amides is 1. The fourth-order valence-corrected chi connectivity index (χ4v) is 1.43. The summed E-state index contributed by atoms with van der Waals surface area (Å²) in [4.78, 5) is 11.3. The van der Waals surface area contributed by atoms with Gasteiger partial charge >= 0.3 is 0 Å². The van der Waals surface area contributed by atoms with E-state index in [2.05, 4.69) is 21.2 Å². The average molecular weight is 276 g/mol. The maximum atomic E-state index is 12.8. The summed E-state index contributed by atoms with van der Waals surface area (Å²) < 4.78 is 17.8. The van der Waals surface area contributed by atoms with Crippen LogP contribution < -0.4 is 10.1 Å². The molecule has 1 N–H and O–H groups in total. The maximum Gasteiger partial charge on any atom is 0.225 e. The van der Waals surface area contributed by atoms with Crippen LogP contribution in [0.3, 0.4) is 0 Å². The number of carbonyl (C=O) groups excluding carboxylic acids is 1. The van der Waals surface area contributed by atoms with Crippen LogP contribution >= 0.6 is 15.9 Å². The van der Waals surface area contributed by atoms with Gasteiger partial charge in [0.15, 0.2) is 0 Å². The molecule has 0 spiro atoms. The number of benzene rings is 1. The Balaban J connectivity index is 2.80. The van der Waals surface area contributed by atoms with Gasteiger partial charge in [0.2, 0.25) is 5.91 Å². The second kappa shape index (κ2) is 5.70. The van der Waals surface area contributed by atoms with E-state index in [0.29, 0.717) is 23.2 Å². The van der Waals surface area contributed by atoms with Gasteiger partial charge in [-0.05, 0) is 12.1 Å². The van der Waals surface area contributed by atoms with Gasteiger partial charge in [0.25, 0.3) is 0 Å². The highest BCUT2D eigenvalue weighted by molar-refractivity contribution is 9.09. The van der Waals surface area contributed by atoms with Crippen LogP contribution in [-0.2, 0) is 4.79 Å². The monoisotopic (exact) mass is 275 g/mol. The van der Waals surface area contributed by atoms with Crippen molar-refractivity contribution in [3.63, 3.8) is 0 Å². The number of hydrogen-bond acceptors (Lipinski definition) is 2. The lowest BCUT2D eigenvalue weighted by atomic mass is 10.2. The Morgan fingerprint density at radius 2 is 2.33 bits per heavy atom. The summed E-state index contributed by atoms with van der Waals surface area (Å²) in [6.45, 7) is 0. The third-order valence-electron chi connectivity index (χ3n) is 1.76. The molecule has 15 heavy (non-hydrogen) atoms. The van der Waals surface area contributed by atoms with Crippen molar-refractivity contribution in [2.24, 2.45) is 0 Å². The summed E-state index contributed by atoms with van der Waals surface area (Å²) >= 11 is 3.16. The molecule has 1 aromatic rings. The molecule has 0 aliphatic heterocycles. The molecule has 0 bridgehead atoms. The van der Waals surface area contributed by atoms with Crippen molar-refractivity contribution >= 4 is 27.5 Å². The van der Waals surface area contributed by atoms with Gasteiger partial charge in [-0.2, -0.15) is 0 Å². The zero-order valence-corrected chi connectivity index (χ0v) is 9.80. The standard InChI is InChI=1S/C10H11BrFNO2/c1-15-9-6-7(12)2-3-8(9)13-10(14)4-5-11/h2-3,6H,4-5H2,1H3,(H,13,14). The largest absolute Gasteiger partial charge is 0.494 e. The number of nitrogens with one attached hydrogen (secondary N) is 1. The molecule has 0 heterocycles. The van der Waals surface area contributed by atoms with Crippen molar-refractivity contribution in [2.75, 3.05) is 17.8 Å². The van der Waals surface area contributed by atoms with Gasteiger partial charge < -0.3 is 10.1 Å². The SMILES string of the molecule is COc1cc(F)ccc1NC(=O)CCBr. The molecule has 1 amide bonds.